The number of rotatable bonds is 7. The van der Waals surface area contributed by atoms with Crippen LogP contribution in [0, 0.1) is 6.92 Å². The van der Waals surface area contributed by atoms with Crippen LogP contribution in [0.3, 0.4) is 0 Å². The van der Waals surface area contributed by atoms with E-state index in [4.69, 9.17) is 4.74 Å². The number of nitrogens with zero attached hydrogens (tertiary/aromatic N) is 1. The third-order valence-corrected chi connectivity index (χ3v) is 6.07. The third-order valence-electron chi connectivity index (χ3n) is 4.92. The lowest BCUT2D eigenvalue weighted by Gasteiger charge is -2.34. The molecule has 1 aliphatic heterocycles. The Hall–Kier alpha value is -3.07. The van der Waals surface area contributed by atoms with Crippen LogP contribution in [0.15, 0.2) is 42.5 Å². The van der Waals surface area contributed by atoms with Gasteiger partial charge in [-0.2, -0.15) is 0 Å². The fourth-order valence-electron chi connectivity index (χ4n) is 3.29. The van der Waals surface area contributed by atoms with Crippen LogP contribution in [0.2, 0.25) is 0 Å². The molecular weight excluding hydrogens is 418 g/mol. The van der Waals surface area contributed by atoms with E-state index in [1.807, 2.05) is 13.8 Å². The van der Waals surface area contributed by atoms with Crippen LogP contribution < -0.4 is 19.7 Å². The number of hydrogen-bond donors (Lipinski definition) is 2. The molecule has 1 aliphatic rings. The van der Waals surface area contributed by atoms with Crippen molar-refractivity contribution in [2.75, 3.05) is 29.0 Å². The van der Waals surface area contributed by atoms with Gasteiger partial charge in [0, 0.05) is 6.54 Å². The van der Waals surface area contributed by atoms with Crippen molar-refractivity contribution in [3.63, 3.8) is 0 Å². The highest BCUT2D eigenvalue weighted by molar-refractivity contribution is 7.92. The van der Waals surface area contributed by atoms with Gasteiger partial charge in [-0.3, -0.25) is 13.9 Å². The molecular formula is C22H27N3O5S. The number of nitrogens with one attached hydrogen (secondary N) is 2. The van der Waals surface area contributed by atoms with E-state index in [0.717, 1.165) is 24.7 Å². The normalized spacial score (nSPS) is 15.6. The number of ether oxygens (including phenoxy) is 1. The second-order valence-electron chi connectivity index (χ2n) is 7.52. The Labute approximate surface area is 182 Å². The van der Waals surface area contributed by atoms with Gasteiger partial charge in [-0.15, -0.1) is 0 Å². The first-order valence-corrected chi connectivity index (χ1v) is 12.0. The molecule has 2 amide bonds. The van der Waals surface area contributed by atoms with E-state index in [2.05, 4.69) is 10.6 Å². The van der Waals surface area contributed by atoms with Gasteiger partial charge < -0.3 is 15.4 Å². The zero-order chi connectivity index (χ0) is 22.6. The molecule has 1 atom stereocenters. The fourth-order valence-corrected chi connectivity index (χ4v) is 4.20. The van der Waals surface area contributed by atoms with Crippen molar-refractivity contribution in [2.45, 2.75) is 32.8 Å². The highest BCUT2D eigenvalue weighted by Crippen LogP contribution is 2.36. The number of para-hydroxylation sites is 1. The summed E-state index contributed by atoms with van der Waals surface area (Å²) in [5, 5.41) is 5.55. The largest absolute Gasteiger partial charge is 0.476 e. The number of anilines is 2. The lowest BCUT2D eigenvalue weighted by atomic mass is 10.1. The summed E-state index contributed by atoms with van der Waals surface area (Å²) in [5.41, 5.74) is 1.95. The number of benzene rings is 2. The number of aryl methyl sites for hydroxylation is 1. The average Bonchev–Trinajstić information content (AvgIpc) is 2.72. The number of carbonyl (C=O) groups is 2. The molecule has 0 bridgehead atoms. The van der Waals surface area contributed by atoms with E-state index >= 15 is 0 Å². The number of hydrogen-bond acceptors (Lipinski definition) is 5. The molecule has 2 N–H and O–H groups in total. The van der Waals surface area contributed by atoms with Gasteiger partial charge >= 0.3 is 0 Å². The molecule has 0 aromatic heterocycles. The number of amides is 2. The fraction of sp³-hybridized carbons (Fsp3) is 0.364. The van der Waals surface area contributed by atoms with E-state index in [1.54, 1.807) is 42.5 Å². The number of sulfonamides is 1. The topological polar surface area (TPSA) is 105 Å². The average molecular weight is 446 g/mol. The Morgan fingerprint density at radius 2 is 1.94 bits per heavy atom. The zero-order valence-corrected chi connectivity index (χ0v) is 18.7. The van der Waals surface area contributed by atoms with Crippen molar-refractivity contribution in [3.05, 3.63) is 53.6 Å². The molecule has 2 aromatic rings. The minimum absolute atomic E-state index is 0.161. The van der Waals surface area contributed by atoms with Crippen LogP contribution in [-0.2, 0) is 14.8 Å². The highest BCUT2D eigenvalue weighted by Gasteiger charge is 2.35. The maximum atomic E-state index is 13.0. The molecule has 0 aliphatic carbocycles. The summed E-state index contributed by atoms with van der Waals surface area (Å²) in [6.45, 7) is 4.26. The lowest BCUT2D eigenvalue weighted by molar-refractivity contribution is -0.122. The summed E-state index contributed by atoms with van der Waals surface area (Å²) < 4.78 is 31.7. The Morgan fingerprint density at radius 3 is 2.65 bits per heavy atom. The molecule has 0 saturated heterocycles. The smallest absolute Gasteiger partial charge is 0.267 e. The first-order chi connectivity index (χ1) is 14.7. The van der Waals surface area contributed by atoms with Crippen molar-refractivity contribution in [3.8, 4) is 5.75 Å². The van der Waals surface area contributed by atoms with E-state index in [-0.39, 0.29) is 12.5 Å². The van der Waals surface area contributed by atoms with Gasteiger partial charge in [0.1, 0.15) is 5.75 Å². The number of carbonyl (C=O) groups excluding carboxylic acids is 2. The van der Waals surface area contributed by atoms with Gasteiger partial charge in [0.15, 0.2) is 6.10 Å². The van der Waals surface area contributed by atoms with Gasteiger partial charge in [-0.25, -0.2) is 8.42 Å². The molecule has 0 fully saturated rings. The predicted octanol–water partition coefficient (Wildman–Crippen LogP) is 2.69. The van der Waals surface area contributed by atoms with Crippen LogP contribution in [0.4, 0.5) is 11.4 Å². The van der Waals surface area contributed by atoms with Crippen molar-refractivity contribution in [2.24, 2.45) is 0 Å². The van der Waals surface area contributed by atoms with E-state index in [1.165, 1.54) is 4.31 Å². The summed E-state index contributed by atoms with van der Waals surface area (Å²) in [4.78, 5) is 25.5. The van der Waals surface area contributed by atoms with E-state index < -0.39 is 22.0 Å². The number of unbranched alkanes of at least 4 members (excludes halogenated alkanes) is 1. The Morgan fingerprint density at radius 1 is 1.19 bits per heavy atom. The maximum Gasteiger partial charge on any atom is 0.267 e. The molecule has 0 radical (unpaired) electrons. The van der Waals surface area contributed by atoms with E-state index in [0.29, 0.717) is 29.2 Å². The second kappa shape index (κ2) is 9.38. The Bertz CT molecular complexity index is 1080. The minimum atomic E-state index is -3.62. The van der Waals surface area contributed by atoms with Crippen LogP contribution >= 0.6 is 0 Å². The molecule has 2 aromatic carbocycles. The van der Waals surface area contributed by atoms with Crippen molar-refractivity contribution in [1.82, 2.24) is 5.32 Å². The van der Waals surface area contributed by atoms with Crippen molar-refractivity contribution >= 4 is 33.2 Å². The summed E-state index contributed by atoms with van der Waals surface area (Å²) in [6, 6.07) is 11.8. The van der Waals surface area contributed by atoms with Gasteiger partial charge in [-0.05, 0) is 43.2 Å². The predicted molar refractivity (Wildman–Crippen MR) is 120 cm³/mol. The first-order valence-electron chi connectivity index (χ1n) is 10.1. The number of fused-ring (bicyclic) bond motifs is 1. The first kappa shape index (κ1) is 22.6. The van der Waals surface area contributed by atoms with Crippen LogP contribution in [0.25, 0.3) is 0 Å². The Kier molecular flexibility index (Phi) is 6.84. The molecule has 31 heavy (non-hydrogen) atoms. The molecule has 3 rings (SSSR count). The molecule has 166 valence electrons. The van der Waals surface area contributed by atoms with Gasteiger partial charge in [-0.1, -0.05) is 31.5 Å². The monoisotopic (exact) mass is 445 g/mol. The second-order valence-corrected chi connectivity index (χ2v) is 9.42. The summed E-state index contributed by atoms with van der Waals surface area (Å²) >= 11 is 0. The molecule has 1 unspecified atom stereocenters. The van der Waals surface area contributed by atoms with Gasteiger partial charge in [0.25, 0.3) is 11.8 Å². The van der Waals surface area contributed by atoms with Crippen molar-refractivity contribution in [1.29, 1.82) is 0 Å². The third kappa shape index (κ3) is 5.35. The van der Waals surface area contributed by atoms with Crippen LogP contribution in [-0.4, -0.2) is 45.7 Å². The Balaban J connectivity index is 1.82. The van der Waals surface area contributed by atoms with Crippen molar-refractivity contribution < 1.29 is 22.7 Å². The minimum Gasteiger partial charge on any atom is -0.476 e. The molecule has 1 heterocycles. The molecule has 0 spiro atoms. The van der Waals surface area contributed by atoms with E-state index in [9.17, 15) is 18.0 Å². The molecule has 0 saturated carbocycles. The highest BCUT2D eigenvalue weighted by atomic mass is 32.2. The van der Waals surface area contributed by atoms with Gasteiger partial charge in [0.2, 0.25) is 10.0 Å². The molecule has 8 nitrogen and oxygen atoms in total. The summed E-state index contributed by atoms with van der Waals surface area (Å²) in [7, 11) is -3.62. The van der Waals surface area contributed by atoms with Crippen LogP contribution in [0.1, 0.15) is 35.7 Å². The van der Waals surface area contributed by atoms with Crippen LogP contribution in [0.5, 0.6) is 5.75 Å². The summed E-state index contributed by atoms with van der Waals surface area (Å²) in [6.07, 6.45) is 1.84. The summed E-state index contributed by atoms with van der Waals surface area (Å²) in [5.74, 6) is -0.505. The quantitative estimate of drug-likeness (QED) is 0.638. The lowest BCUT2D eigenvalue weighted by Crippen LogP contribution is -2.48. The molecule has 9 heteroatoms. The standard InChI is InChI=1S/C22H27N3O5S/c1-4-5-12-23-21(26)16-8-6-7-9-17(16)24-22(27)20-14-25(31(3,28)29)18-13-15(2)10-11-19(18)30-20/h6-11,13,20H,4-5,12,14H2,1-3H3,(H,23,26)(H,24,27). The zero-order valence-electron chi connectivity index (χ0n) is 17.8. The maximum absolute atomic E-state index is 13.0. The SMILES string of the molecule is CCCCNC(=O)c1ccccc1NC(=O)C1CN(S(C)(=O)=O)c2cc(C)ccc2O1. The van der Waals surface area contributed by atoms with Gasteiger partial charge in [0.05, 0.1) is 29.7 Å².